The Balaban J connectivity index is 1.50. The fourth-order valence-electron chi connectivity index (χ4n) is 3.83. The van der Waals surface area contributed by atoms with Crippen LogP contribution < -0.4 is 4.74 Å². The number of pyridine rings is 1. The van der Waals surface area contributed by atoms with E-state index >= 15 is 0 Å². The van der Waals surface area contributed by atoms with Crippen LogP contribution in [0.5, 0.6) is 5.75 Å². The van der Waals surface area contributed by atoms with Crippen LogP contribution in [0.1, 0.15) is 15.9 Å². The minimum absolute atomic E-state index is 0.105. The van der Waals surface area contributed by atoms with Crippen molar-refractivity contribution in [3.63, 3.8) is 0 Å². The molecule has 0 spiro atoms. The number of hydrogen-bond acceptors (Lipinski definition) is 4. The number of hydrogen-bond donors (Lipinski definition) is 0. The molecule has 2 fully saturated rings. The summed E-state index contributed by atoms with van der Waals surface area (Å²) in [6.07, 6.45) is 3.44. The summed E-state index contributed by atoms with van der Waals surface area (Å²) in [6.45, 7) is 5.24. The molecule has 0 saturated carbocycles. The van der Waals surface area contributed by atoms with E-state index in [1.165, 1.54) is 0 Å². The predicted molar refractivity (Wildman–Crippen MR) is 93.6 cm³/mol. The molecule has 25 heavy (non-hydrogen) atoms. The molecule has 0 aliphatic carbocycles. The Morgan fingerprint density at radius 2 is 2.24 bits per heavy atom. The molecule has 1 aromatic heterocycles. The normalized spacial score (nSPS) is 25.0. The van der Waals surface area contributed by atoms with Crippen LogP contribution >= 0.6 is 0 Å². The summed E-state index contributed by atoms with van der Waals surface area (Å²) < 4.78 is 11.7. The molecular weight excluding hydrogens is 316 g/mol. The number of aromatic nitrogens is 1. The highest BCUT2D eigenvalue weighted by molar-refractivity contribution is 5.95. The molecule has 2 aromatic rings. The lowest BCUT2D eigenvalue weighted by Crippen LogP contribution is -2.38. The number of carbonyl (C=O) groups is 1. The second-order valence-electron chi connectivity index (χ2n) is 7.05. The Morgan fingerprint density at radius 1 is 1.36 bits per heavy atom. The van der Waals surface area contributed by atoms with Crippen LogP contribution in [-0.4, -0.2) is 48.7 Å². The molecule has 1 aromatic carbocycles. The standard InChI is InChI=1S/C20H22N2O3/c1-15-5-2-3-7-18(15)19(23)22-10-16-11-24-13-20(16,12-22)14-25-17-6-4-8-21-9-17/h2-9,16H,10-14H2,1H3/t16-,20+/m1/s1. The SMILES string of the molecule is Cc1ccccc1C(=O)N1C[C@@H]2COC[C@]2(COc2cccnc2)C1. The monoisotopic (exact) mass is 338 g/mol. The number of aryl methyl sites for hydroxylation is 1. The van der Waals surface area contributed by atoms with Gasteiger partial charge in [-0.05, 0) is 30.7 Å². The van der Waals surface area contributed by atoms with E-state index < -0.39 is 0 Å². The summed E-state index contributed by atoms with van der Waals surface area (Å²) in [7, 11) is 0. The van der Waals surface area contributed by atoms with Crippen LogP contribution in [0.2, 0.25) is 0 Å². The van der Waals surface area contributed by atoms with Crippen LogP contribution in [-0.2, 0) is 4.74 Å². The van der Waals surface area contributed by atoms with E-state index in [2.05, 4.69) is 4.98 Å². The van der Waals surface area contributed by atoms with E-state index in [0.717, 1.165) is 23.4 Å². The quantitative estimate of drug-likeness (QED) is 0.860. The van der Waals surface area contributed by atoms with E-state index in [9.17, 15) is 4.79 Å². The smallest absolute Gasteiger partial charge is 0.254 e. The lowest BCUT2D eigenvalue weighted by Gasteiger charge is -2.27. The van der Waals surface area contributed by atoms with Gasteiger partial charge in [0.1, 0.15) is 5.75 Å². The van der Waals surface area contributed by atoms with Crippen LogP contribution in [0.3, 0.4) is 0 Å². The van der Waals surface area contributed by atoms with Crippen molar-refractivity contribution in [2.24, 2.45) is 11.3 Å². The first-order valence-electron chi connectivity index (χ1n) is 8.63. The molecule has 2 aliphatic heterocycles. The third kappa shape index (κ3) is 3.00. The van der Waals surface area contributed by atoms with Crippen molar-refractivity contribution in [3.8, 4) is 5.75 Å². The molecule has 0 radical (unpaired) electrons. The van der Waals surface area contributed by atoms with E-state index in [1.807, 2.05) is 48.2 Å². The Labute approximate surface area is 147 Å². The summed E-state index contributed by atoms with van der Waals surface area (Å²) in [5.74, 6) is 1.18. The van der Waals surface area contributed by atoms with E-state index in [1.54, 1.807) is 12.4 Å². The highest BCUT2D eigenvalue weighted by atomic mass is 16.5. The molecule has 0 unspecified atom stereocenters. The van der Waals surface area contributed by atoms with Gasteiger partial charge in [0.15, 0.2) is 0 Å². The van der Waals surface area contributed by atoms with Gasteiger partial charge in [-0.1, -0.05) is 18.2 Å². The first-order valence-corrected chi connectivity index (χ1v) is 8.63. The van der Waals surface area contributed by atoms with Gasteiger partial charge in [0.2, 0.25) is 0 Å². The Hall–Kier alpha value is -2.40. The van der Waals surface area contributed by atoms with Crippen molar-refractivity contribution < 1.29 is 14.3 Å². The predicted octanol–water partition coefficient (Wildman–Crippen LogP) is 2.56. The molecule has 5 heteroatoms. The second-order valence-corrected chi connectivity index (χ2v) is 7.05. The molecule has 5 nitrogen and oxygen atoms in total. The molecule has 3 heterocycles. The number of rotatable bonds is 4. The fourth-order valence-corrected chi connectivity index (χ4v) is 3.83. The van der Waals surface area contributed by atoms with Gasteiger partial charge in [-0.3, -0.25) is 9.78 Å². The maximum atomic E-state index is 12.9. The molecule has 2 atom stereocenters. The molecule has 2 saturated heterocycles. The summed E-state index contributed by atoms with van der Waals surface area (Å²) in [5.41, 5.74) is 1.67. The van der Waals surface area contributed by atoms with Crippen LogP contribution in [0.4, 0.5) is 0 Å². The average Bonchev–Trinajstić information content (AvgIpc) is 3.18. The van der Waals surface area contributed by atoms with Gasteiger partial charge < -0.3 is 14.4 Å². The first-order chi connectivity index (χ1) is 12.2. The number of fused-ring (bicyclic) bond motifs is 1. The van der Waals surface area contributed by atoms with E-state index in [0.29, 0.717) is 32.3 Å². The van der Waals surface area contributed by atoms with E-state index in [4.69, 9.17) is 9.47 Å². The molecule has 1 amide bonds. The first kappa shape index (κ1) is 16.1. The Kier molecular flexibility index (Phi) is 4.17. The number of nitrogens with zero attached hydrogens (tertiary/aromatic N) is 2. The van der Waals surface area contributed by atoms with Gasteiger partial charge in [0.25, 0.3) is 5.91 Å². The largest absolute Gasteiger partial charge is 0.491 e. The zero-order valence-corrected chi connectivity index (χ0v) is 14.4. The van der Waals surface area contributed by atoms with Gasteiger partial charge in [-0.25, -0.2) is 0 Å². The number of carbonyl (C=O) groups excluding carboxylic acids is 1. The maximum absolute atomic E-state index is 12.9. The van der Waals surface area contributed by atoms with Crippen molar-refractivity contribution >= 4 is 5.91 Å². The van der Waals surface area contributed by atoms with Crippen LogP contribution in [0.25, 0.3) is 0 Å². The molecule has 4 rings (SSSR count). The lowest BCUT2D eigenvalue weighted by atomic mass is 9.82. The van der Waals surface area contributed by atoms with Crippen molar-refractivity contribution in [2.75, 3.05) is 32.9 Å². The number of ether oxygens (including phenoxy) is 2. The molecule has 130 valence electrons. The number of amides is 1. The number of likely N-dealkylation sites (tertiary alicyclic amines) is 1. The minimum Gasteiger partial charge on any atom is -0.491 e. The lowest BCUT2D eigenvalue weighted by molar-refractivity contribution is 0.0659. The average molecular weight is 338 g/mol. The third-order valence-electron chi connectivity index (χ3n) is 5.34. The zero-order chi connectivity index (χ0) is 17.3. The van der Waals surface area contributed by atoms with Crippen LogP contribution in [0.15, 0.2) is 48.8 Å². The molecule has 0 N–H and O–H groups in total. The van der Waals surface area contributed by atoms with Gasteiger partial charge >= 0.3 is 0 Å². The summed E-state index contributed by atoms with van der Waals surface area (Å²) >= 11 is 0. The zero-order valence-electron chi connectivity index (χ0n) is 14.4. The Morgan fingerprint density at radius 3 is 3.04 bits per heavy atom. The van der Waals surface area contributed by atoms with Gasteiger partial charge in [0, 0.05) is 30.8 Å². The van der Waals surface area contributed by atoms with Gasteiger partial charge in [-0.15, -0.1) is 0 Å². The highest BCUT2D eigenvalue weighted by Gasteiger charge is 2.52. The van der Waals surface area contributed by atoms with Gasteiger partial charge in [-0.2, -0.15) is 0 Å². The van der Waals surface area contributed by atoms with Crippen molar-refractivity contribution in [2.45, 2.75) is 6.92 Å². The van der Waals surface area contributed by atoms with Crippen molar-refractivity contribution in [3.05, 3.63) is 59.9 Å². The van der Waals surface area contributed by atoms with Gasteiger partial charge in [0.05, 0.1) is 31.4 Å². The van der Waals surface area contributed by atoms with Crippen molar-refractivity contribution in [1.82, 2.24) is 9.88 Å². The molecule has 0 bridgehead atoms. The van der Waals surface area contributed by atoms with Crippen LogP contribution in [0, 0.1) is 18.3 Å². The summed E-state index contributed by atoms with van der Waals surface area (Å²) in [4.78, 5) is 19.0. The second kappa shape index (κ2) is 6.48. The Bertz CT molecular complexity index is 765. The summed E-state index contributed by atoms with van der Waals surface area (Å²) in [5, 5.41) is 0. The topological polar surface area (TPSA) is 51.7 Å². The maximum Gasteiger partial charge on any atom is 0.254 e. The number of benzene rings is 1. The minimum atomic E-state index is -0.131. The fraction of sp³-hybridized carbons (Fsp3) is 0.400. The van der Waals surface area contributed by atoms with Crippen molar-refractivity contribution in [1.29, 1.82) is 0 Å². The highest BCUT2D eigenvalue weighted by Crippen LogP contribution is 2.42. The third-order valence-corrected chi connectivity index (χ3v) is 5.34. The molecular formula is C20H22N2O3. The molecule has 2 aliphatic rings. The van der Waals surface area contributed by atoms with E-state index in [-0.39, 0.29) is 11.3 Å². The summed E-state index contributed by atoms with van der Waals surface area (Å²) in [6, 6.07) is 11.5.